The highest BCUT2D eigenvalue weighted by molar-refractivity contribution is 6.30. The van der Waals surface area contributed by atoms with Crippen LogP contribution in [-0.4, -0.2) is 13.1 Å². The highest BCUT2D eigenvalue weighted by Gasteiger charge is 2.14. The van der Waals surface area contributed by atoms with Gasteiger partial charge in [-0.2, -0.15) is 0 Å². The van der Waals surface area contributed by atoms with E-state index in [1.54, 1.807) is 18.2 Å². The SMILES string of the molecule is COc1ccc(N)cc1C(=O)OCc1ccc(Cl)c(F)c1. The molecule has 2 rings (SSSR count). The molecule has 0 radical (unpaired) electrons. The van der Waals surface area contributed by atoms with E-state index in [0.717, 1.165) is 0 Å². The van der Waals surface area contributed by atoms with Gasteiger partial charge in [0.2, 0.25) is 0 Å². The second kappa shape index (κ2) is 6.45. The maximum Gasteiger partial charge on any atom is 0.342 e. The molecule has 0 aliphatic carbocycles. The van der Waals surface area contributed by atoms with Crippen molar-refractivity contribution in [3.05, 3.63) is 58.4 Å². The van der Waals surface area contributed by atoms with Crippen LogP contribution < -0.4 is 10.5 Å². The summed E-state index contributed by atoms with van der Waals surface area (Å²) in [7, 11) is 1.44. The summed E-state index contributed by atoms with van der Waals surface area (Å²) in [5.41, 5.74) is 6.76. The Morgan fingerprint density at radius 3 is 2.71 bits per heavy atom. The molecular weight excluding hydrogens is 297 g/mol. The lowest BCUT2D eigenvalue weighted by atomic mass is 10.2. The molecule has 0 unspecified atom stereocenters. The Morgan fingerprint density at radius 2 is 2.05 bits per heavy atom. The fourth-order valence-corrected chi connectivity index (χ4v) is 1.86. The van der Waals surface area contributed by atoms with E-state index in [1.807, 2.05) is 0 Å². The molecule has 2 N–H and O–H groups in total. The smallest absolute Gasteiger partial charge is 0.342 e. The zero-order chi connectivity index (χ0) is 15.4. The van der Waals surface area contributed by atoms with Crippen LogP contribution in [0.5, 0.6) is 5.75 Å². The van der Waals surface area contributed by atoms with Crippen LogP contribution in [-0.2, 0) is 11.3 Å². The van der Waals surface area contributed by atoms with Crippen molar-refractivity contribution in [1.29, 1.82) is 0 Å². The van der Waals surface area contributed by atoms with Gasteiger partial charge in [0.05, 0.1) is 12.1 Å². The van der Waals surface area contributed by atoms with Crippen LogP contribution in [0.15, 0.2) is 36.4 Å². The molecule has 0 bridgehead atoms. The molecule has 0 heterocycles. The monoisotopic (exact) mass is 309 g/mol. The van der Waals surface area contributed by atoms with E-state index in [9.17, 15) is 9.18 Å². The molecule has 0 saturated carbocycles. The van der Waals surface area contributed by atoms with Crippen molar-refractivity contribution in [2.24, 2.45) is 0 Å². The van der Waals surface area contributed by atoms with E-state index in [2.05, 4.69) is 0 Å². The molecule has 2 aromatic rings. The highest BCUT2D eigenvalue weighted by Crippen LogP contribution is 2.23. The van der Waals surface area contributed by atoms with E-state index in [0.29, 0.717) is 17.0 Å². The van der Waals surface area contributed by atoms with E-state index in [-0.39, 0.29) is 17.2 Å². The first-order valence-corrected chi connectivity index (χ1v) is 6.43. The van der Waals surface area contributed by atoms with Crippen LogP contribution in [0.25, 0.3) is 0 Å². The zero-order valence-corrected chi connectivity index (χ0v) is 12.0. The predicted molar refractivity (Wildman–Crippen MR) is 77.9 cm³/mol. The molecule has 0 atom stereocenters. The number of hydrogen-bond acceptors (Lipinski definition) is 4. The van der Waals surface area contributed by atoms with E-state index >= 15 is 0 Å². The normalized spacial score (nSPS) is 10.2. The summed E-state index contributed by atoms with van der Waals surface area (Å²) in [5, 5.41) is 0.0163. The first kappa shape index (κ1) is 15.1. The van der Waals surface area contributed by atoms with Gasteiger partial charge in [-0.05, 0) is 35.9 Å². The number of carbonyl (C=O) groups excluding carboxylic acids is 1. The summed E-state index contributed by atoms with van der Waals surface area (Å²) in [4.78, 5) is 12.0. The molecule has 0 aliphatic heterocycles. The Balaban J connectivity index is 2.11. The molecule has 0 fully saturated rings. The van der Waals surface area contributed by atoms with Crippen LogP contribution in [0.3, 0.4) is 0 Å². The van der Waals surface area contributed by atoms with Gasteiger partial charge in [-0.3, -0.25) is 0 Å². The number of methoxy groups -OCH3 is 1. The number of ether oxygens (including phenoxy) is 2. The number of esters is 1. The number of carbonyl (C=O) groups is 1. The Morgan fingerprint density at radius 1 is 1.29 bits per heavy atom. The molecule has 0 saturated heterocycles. The number of rotatable bonds is 4. The molecule has 0 amide bonds. The maximum absolute atomic E-state index is 13.3. The summed E-state index contributed by atoms with van der Waals surface area (Å²) < 4.78 is 23.5. The maximum atomic E-state index is 13.3. The Labute approximate surface area is 126 Å². The van der Waals surface area contributed by atoms with Crippen LogP contribution in [0.4, 0.5) is 10.1 Å². The molecular formula is C15H13ClFNO3. The highest BCUT2D eigenvalue weighted by atomic mass is 35.5. The van der Waals surface area contributed by atoms with Gasteiger partial charge < -0.3 is 15.2 Å². The first-order valence-electron chi connectivity index (χ1n) is 6.06. The Bertz CT molecular complexity index is 676. The van der Waals surface area contributed by atoms with E-state index < -0.39 is 11.8 Å². The average molecular weight is 310 g/mol. The molecule has 0 spiro atoms. The van der Waals surface area contributed by atoms with Crippen molar-refractivity contribution in [1.82, 2.24) is 0 Å². The van der Waals surface area contributed by atoms with Crippen molar-refractivity contribution < 1.29 is 18.7 Å². The second-order valence-electron chi connectivity index (χ2n) is 4.28. The van der Waals surface area contributed by atoms with E-state index in [1.165, 1.54) is 25.3 Å². The molecule has 4 nitrogen and oxygen atoms in total. The predicted octanol–water partition coefficient (Wildman–Crippen LogP) is 3.43. The molecule has 110 valence electrons. The van der Waals surface area contributed by atoms with Crippen molar-refractivity contribution in [3.63, 3.8) is 0 Å². The zero-order valence-electron chi connectivity index (χ0n) is 11.2. The molecule has 0 aliphatic rings. The van der Waals surface area contributed by atoms with Gasteiger partial charge in [-0.25, -0.2) is 9.18 Å². The second-order valence-corrected chi connectivity index (χ2v) is 4.69. The number of nitrogens with two attached hydrogens (primary N) is 1. The quantitative estimate of drug-likeness (QED) is 0.694. The number of benzene rings is 2. The minimum Gasteiger partial charge on any atom is -0.496 e. The van der Waals surface area contributed by atoms with Crippen molar-refractivity contribution in [2.45, 2.75) is 6.61 Å². The molecule has 2 aromatic carbocycles. The summed E-state index contributed by atoms with van der Waals surface area (Å²) in [6.45, 7) is -0.0785. The van der Waals surface area contributed by atoms with Gasteiger partial charge in [0.25, 0.3) is 0 Å². The third-order valence-electron chi connectivity index (χ3n) is 2.80. The standard InChI is InChI=1S/C15H13ClFNO3/c1-20-14-5-3-10(18)7-11(14)15(19)21-8-9-2-4-12(16)13(17)6-9/h2-7H,8,18H2,1H3. The van der Waals surface area contributed by atoms with Crippen LogP contribution in [0.2, 0.25) is 5.02 Å². The summed E-state index contributed by atoms with van der Waals surface area (Å²) in [6, 6.07) is 8.85. The topological polar surface area (TPSA) is 61.5 Å². The summed E-state index contributed by atoms with van der Waals surface area (Å²) >= 11 is 5.58. The van der Waals surface area contributed by atoms with Gasteiger partial charge in [-0.1, -0.05) is 17.7 Å². The largest absolute Gasteiger partial charge is 0.496 e. The lowest BCUT2D eigenvalue weighted by molar-refractivity contribution is 0.0468. The lowest BCUT2D eigenvalue weighted by Gasteiger charge is -2.10. The summed E-state index contributed by atoms with van der Waals surface area (Å²) in [6.07, 6.45) is 0. The molecule has 21 heavy (non-hydrogen) atoms. The third kappa shape index (κ3) is 3.64. The van der Waals surface area contributed by atoms with Crippen LogP contribution in [0.1, 0.15) is 15.9 Å². The van der Waals surface area contributed by atoms with Gasteiger partial charge in [0, 0.05) is 5.69 Å². The number of hydrogen-bond donors (Lipinski definition) is 1. The first-order chi connectivity index (χ1) is 10.0. The average Bonchev–Trinajstić information content (AvgIpc) is 2.48. The van der Waals surface area contributed by atoms with Gasteiger partial charge in [-0.15, -0.1) is 0 Å². The lowest BCUT2D eigenvalue weighted by Crippen LogP contribution is -2.08. The van der Waals surface area contributed by atoms with Crippen molar-refractivity contribution in [3.8, 4) is 5.75 Å². The fourth-order valence-electron chi connectivity index (χ4n) is 1.74. The minimum absolute atomic E-state index is 0.0163. The van der Waals surface area contributed by atoms with E-state index in [4.69, 9.17) is 26.8 Å². The Hall–Kier alpha value is -2.27. The molecule has 0 aromatic heterocycles. The van der Waals surface area contributed by atoms with Crippen LogP contribution in [0, 0.1) is 5.82 Å². The fraction of sp³-hybridized carbons (Fsp3) is 0.133. The third-order valence-corrected chi connectivity index (χ3v) is 3.10. The molecule has 6 heteroatoms. The minimum atomic E-state index is -0.602. The van der Waals surface area contributed by atoms with Gasteiger partial charge in [0.1, 0.15) is 23.7 Å². The van der Waals surface area contributed by atoms with Gasteiger partial charge >= 0.3 is 5.97 Å². The Kier molecular flexibility index (Phi) is 4.65. The van der Waals surface area contributed by atoms with Gasteiger partial charge in [0.15, 0.2) is 0 Å². The van der Waals surface area contributed by atoms with Crippen LogP contribution >= 0.6 is 11.6 Å². The number of halogens is 2. The van der Waals surface area contributed by atoms with Crippen molar-refractivity contribution in [2.75, 3.05) is 12.8 Å². The summed E-state index contributed by atoms with van der Waals surface area (Å²) in [5.74, 6) is -0.808. The van der Waals surface area contributed by atoms with Crippen molar-refractivity contribution >= 4 is 23.3 Å². The number of anilines is 1. The number of nitrogen functional groups attached to an aromatic ring is 1.